The normalized spacial score (nSPS) is 11.0. The molecule has 0 radical (unpaired) electrons. The van der Waals surface area contributed by atoms with E-state index >= 15 is 0 Å². The van der Waals surface area contributed by atoms with Crippen molar-refractivity contribution >= 4 is 34.9 Å². The summed E-state index contributed by atoms with van der Waals surface area (Å²) in [6.07, 6.45) is 1.59. The van der Waals surface area contributed by atoms with E-state index in [4.69, 9.17) is 23.2 Å². The summed E-state index contributed by atoms with van der Waals surface area (Å²) in [5.74, 6) is -0.243. The Kier molecular flexibility index (Phi) is 5.29. The third-order valence-corrected chi connectivity index (χ3v) is 4.50. The second-order valence-corrected chi connectivity index (χ2v) is 6.69. The van der Waals surface area contributed by atoms with Gasteiger partial charge in [0.25, 0.3) is 0 Å². The van der Waals surface area contributed by atoms with Gasteiger partial charge in [0.1, 0.15) is 12.4 Å². The largest absolute Gasteiger partial charge is 0.308 e. The van der Waals surface area contributed by atoms with Crippen LogP contribution in [0.1, 0.15) is 17.0 Å². The van der Waals surface area contributed by atoms with Crippen molar-refractivity contribution in [2.75, 3.05) is 5.32 Å². The van der Waals surface area contributed by atoms with Crippen molar-refractivity contribution in [3.8, 4) is 0 Å². The summed E-state index contributed by atoms with van der Waals surface area (Å²) in [6.45, 7) is 4.02. The predicted octanol–water partition coefficient (Wildman–Crippen LogP) is 3.83. The molecule has 0 saturated carbocycles. The van der Waals surface area contributed by atoms with Crippen LogP contribution < -0.4 is 5.32 Å². The summed E-state index contributed by atoms with van der Waals surface area (Å²) in [6, 6.07) is 5.97. The number of amides is 1. The van der Waals surface area contributed by atoms with Gasteiger partial charge in [-0.15, -0.1) is 0 Å². The Labute approximate surface area is 159 Å². The maximum Gasteiger partial charge on any atom is 0.247 e. The Balaban J connectivity index is 1.68. The Morgan fingerprint density at radius 1 is 1.19 bits per heavy atom. The molecule has 0 unspecified atom stereocenters. The second kappa shape index (κ2) is 7.47. The minimum Gasteiger partial charge on any atom is -0.308 e. The van der Waals surface area contributed by atoms with Crippen molar-refractivity contribution in [3.63, 3.8) is 0 Å². The molecule has 26 heavy (non-hydrogen) atoms. The highest BCUT2D eigenvalue weighted by Gasteiger charge is 2.12. The van der Waals surface area contributed by atoms with E-state index in [0.717, 1.165) is 11.3 Å². The van der Waals surface area contributed by atoms with Gasteiger partial charge in [0, 0.05) is 23.0 Å². The van der Waals surface area contributed by atoms with Crippen molar-refractivity contribution < 1.29 is 9.18 Å². The first-order valence-electron chi connectivity index (χ1n) is 7.79. The number of nitrogens with one attached hydrogen (secondary N) is 1. The first kappa shape index (κ1) is 18.4. The van der Waals surface area contributed by atoms with Gasteiger partial charge in [0.2, 0.25) is 5.91 Å². The molecular weight excluding hydrogens is 380 g/mol. The van der Waals surface area contributed by atoms with Crippen LogP contribution in [0.5, 0.6) is 0 Å². The molecule has 0 fully saturated rings. The van der Waals surface area contributed by atoms with Crippen LogP contribution in [-0.4, -0.2) is 25.5 Å². The van der Waals surface area contributed by atoms with Crippen LogP contribution in [0.4, 0.5) is 10.2 Å². The van der Waals surface area contributed by atoms with Gasteiger partial charge in [-0.1, -0.05) is 29.3 Å². The first-order chi connectivity index (χ1) is 12.3. The van der Waals surface area contributed by atoms with Gasteiger partial charge in [0.05, 0.1) is 17.3 Å². The van der Waals surface area contributed by atoms with E-state index in [1.54, 1.807) is 29.9 Å². The number of carbonyl (C=O) groups is 1. The SMILES string of the molecule is Cc1nn(CC(=O)Nc2cc(C)n(Cc3ccc(F)cc3Cl)n2)cc1Cl. The lowest BCUT2D eigenvalue weighted by molar-refractivity contribution is -0.116. The van der Waals surface area contributed by atoms with E-state index in [-0.39, 0.29) is 12.5 Å². The summed E-state index contributed by atoms with van der Waals surface area (Å²) in [5.41, 5.74) is 2.23. The van der Waals surface area contributed by atoms with Crippen LogP contribution in [0.2, 0.25) is 10.0 Å². The molecule has 1 N–H and O–H groups in total. The molecule has 6 nitrogen and oxygen atoms in total. The number of carbonyl (C=O) groups excluding carboxylic acids is 1. The van der Waals surface area contributed by atoms with Gasteiger partial charge >= 0.3 is 0 Å². The van der Waals surface area contributed by atoms with E-state index in [1.165, 1.54) is 16.8 Å². The molecule has 3 rings (SSSR count). The molecule has 0 atom stereocenters. The molecule has 0 spiro atoms. The average Bonchev–Trinajstić information content (AvgIpc) is 3.04. The van der Waals surface area contributed by atoms with E-state index in [9.17, 15) is 9.18 Å². The topological polar surface area (TPSA) is 64.7 Å². The van der Waals surface area contributed by atoms with Crippen LogP contribution in [0.25, 0.3) is 0 Å². The van der Waals surface area contributed by atoms with Crippen molar-refractivity contribution in [3.05, 3.63) is 63.3 Å². The van der Waals surface area contributed by atoms with Gasteiger partial charge in [-0.25, -0.2) is 4.39 Å². The standard InChI is InChI=1S/C17H16Cl2FN5O/c1-10-5-16(21-17(26)9-24-8-15(19)11(2)22-24)23-25(10)7-12-3-4-13(20)6-14(12)18/h3-6,8H,7,9H2,1-2H3,(H,21,23,26). The highest BCUT2D eigenvalue weighted by atomic mass is 35.5. The molecule has 0 aliphatic heterocycles. The molecule has 1 aromatic carbocycles. The molecule has 9 heteroatoms. The molecule has 0 saturated heterocycles. The molecule has 3 aromatic rings. The minimum atomic E-state index is -0.391. The summed E-state index contributed by atoms with van der Waals surface area (Å²) < 4.78 is 16.3. The molecule has 0 bridgehead atoms. The summed E-state index contributed by atoms with van der Waals surface area (Å²) in [7, 11) is 0. The molecular formula is C17H16Cl2FN5O. The fraction of sp³-hybridized carbons (Fsp3) is 0.235. The molecule has 1 amide bonds. The molecule has 2 aromatic heterocycles. The van der Waals surface area contributed by atoms with Gasteiger partial charge in [0.15, 0.2) is 5.82 Å². The summed E-state index contributed by atoms with van der Waals surface area (Å²) in [4.78, 5) is 12.1. The molecule has 0 aliphatic carbocycles. The number of hydrogen-bond acceptors (Lipinski definition) is 3. The molecule has 136 valence electrons. The van der Waals surface area contributed by atoms with Crippen LogP contribution in [0.15, 0.2) is 30.5 Å². The van der Waals surface area contributed by atoms with Crippen molar-refractivity contribution in [2.45, 2.75) is 26.9 Å². The van der Waals surface area contributed by atoms with Crippen LogP contribution in [0, 0.1) is 19.7 Å². The number of anilines is 1. The van der Waals surface area contributed by atoms with E-state index in [1.807, 2.05) is 6.92 Å². The number of benzene rings is 1. The van der Waals surface area contributed by atoms with Crippen molar-refractivity contribution in [1.29, 1.82) is 0 Å². The Bertz CT molecular complexity index is 947. The average molecular weight is 396 g/mol. The molecule has 0 aliphatic rings. The Hall–Kier alpha value is -2.38. The quantitative estimate of drug-likeness (QED) is 0.713. The van der Waals surface area contributed by atoms with Gasteiger partial charge in [-0.05, 0) is 31.5 Å². The highest BCUT2D eigenvalue weighted by Crippen LogP contribution is 2.20. The lowest BCUT2D eigenvalue weighted by Crippen LogP contribution is -2.19. The minimum absolute atomic E-state index is 0.0310. The number of aromatic nitrogens is 4. The van der Waals surface area contributed by atoms with Crippen molar-refractivity contribution in [2.24, 2.45) is 0 Å². The number of rotatable bonds is 5. The maximum absolute atomic E-state index is 13.1. The van der Waals surface area contributed by atoms with Crippen LogP contribution in [-0.2, 0) is 17.9 Å². The fourth-order valence-corrected chi connectivity index (χ4v) is 2.82. The number of hydrogen-bond donors (Lipinski definition) is 1. The maximum atomic E-state index is 13.1. The van der Waals surface area contributed by atoms with Crippen LogP contribution >= 0.6 is 23.2 Å². The van der Waals surface area contributed by atoms with E-state index < -0.39 is 5.82 Å². The number of nitrogens with zero attached hydrogens (tertiary/aromatic N) is 4. The van der Waals surface area contributed by atoms with E-state index in [2.05, 4.69) is 15.5 Å². The van der Waals surface area contributed by atoms with Gasteiger partial charge in [-0.2, -0.15) is 10.2 Å². The second-order valence-electron chi connectivity index (χ2n) is 5.87. The lowest BCUT2D eigenvalue weighted by Gasteiger charge is -2.07. The molecule has 2 heterocycles. The zero-order chi connectivity index (χ0) is 18.8. The zero-order valence-electron chi connectivity index (χ0n) is 14.1. The Morgan fingerprint density at radius 3 is 2.62 bits per heavy atom. The lowest BCUT2D eigenvalue weighted by atomic mass is 10.2. The number of aryl methyl sites for hydroxylation is 2. The third kappa shape index (κ3) is 4.23. The van der Waals surface area contributed by atoms with Gasteiger partial charge in [-0.3, -0.25) is 14.2 Å². The van der Waals surface area contributed by atoms with Crippen molar-refractivity contribution in [1.82, 2.24) is 19.6 Å². The zero-order valence-corrected chi connectivity index (χ0v) is 15.6. The van der Waals surface area contributed by atoms with Gasteiger partial charge < -0.3 is 5.32 Å². The fourth-order valence-electron chi connectivity index (χ4n) is 2.45. The monoisotopic (exact) mass is 395 g/mol. The smallest absolute Gasteiger partial charge is 0.247 e. The predicted molar refractivity (Wildman–Crippen MR) is 98.1 cm³/mol. The van der Waals surface area contributed by atoms with Crippen LogP contribution in [0.3, 0.4) is 0 Å². The summed E-state index contributed by atoms with van der Waals surface area (Å²) in [5, 5.41) is 12.1. The third-order valence-electron chi connectivity index (χ3n) is 3.78. The number of halogens is 3. The first-order valence-corrected chi connectivity index (χ1v) is 8.55. The highest BCUT2D eigenvalue weighted by molar-refractivity contribution is 6.31. The Morgan fingerprint density at radius 2 is 1.96 bits per heavy atom. The van der Waals surface area contributed by atoms with E-state index in [0.29, 0.717) is 28.1 Å². The summed E-state index contributed by atoms with van der Waals surface area (Å²) >= 11 is 12.0.